The van der Waals surface area contributed by atoms with Gasteiger partial charge in [0.15, 0.2) is 0 Å². The van der Waals surface area contributed by atoms with Gasteiger partial charge in [0.2, 0.25) is 5.91 Å². The van der Waals surface area contributed by atoms with Gasteiger partial charge < -0.3 is 10.2 Å². The van der Waals surface area contributed by atoms with E-state index in [4.69, 9.17) is 0 Å². The predicted octanol–water partition coefficient (Wildman–Crippen LogP) is 1.05. The first-order chi connectivity index (χ1) is 8.27. The van der Waals surface area contributed by atoms with E-state index in [2.05, 4.69) is 5.32 Å². The molecule has 2 fully saturated rings. The zero-order valence-corrected chi connectivity index (χ0v) is 9.98. The van der Waals surface area contributed by atoms with E-state index in [-0.39, 0.29) is 5.91 Å². The monoisotopic (exact) mass is 230 g/mol. The molecule has 0 aromatic heterocycles. The van der Waals surface area contributed by atoms with Crippen LogP contribution in [0.25, 0.3) is 0 Å². The molecular weight excluding hydrogens is 212 g/mol. The van der Waals surface area contributed by atoms with Gasteiger partial charge in [-0.1, -0.05) is 30.3 Å². The van der Waals surface area contributed by atoms with E-state index in [1.165, 1.54) is 6.42 Å². The van der Waals surface area contributed by atoms with Gasteiger partial charge in [0.25, 0.3) is 0 Å². The summed E-state index contributed by atoms with van der Waals surface area (Å²) in [6.07, 6.45) is 1.77. The van der Waals surface area contributed by atoms with Crippen LogP contribution in [0.3, 0.4) is 0 Å². The normalized spacial score (nSPS) is 21.5. The van der Waals surface area contributed by atoms with Crippen molar-refractivity contribution in [3.8, 4) is 0 Å². The van der Waals surface area contributed by atoms with Gasteiger partial charge in [-0.2, -0.15) is 0 Å². The first kappa shape index (κ1) is 10.8. The van der Waals surface area contributed by atoms with Gasteiger partial charge >= 0.3 is 0 Å². The third kappa shape index (κ3) is 2.07. The standard InChI is InChI=1S/C14H18N2O/c17-13(8-12-4-2-1-3-5-12)16-10-14(11-16)6-7-15-9-14/h1-5,15H,6-11H2. The van der Waals surface area contributed by atoms with Crippen LogP contribution < -0.4 is 5.32 Å². The van der Waals surface area contributed by atoms with Crippen LogP contribution in [0.5, 0.6) is 0 Å². The van der Waals surface area contributed by atoms with Gasteiger partial charge in [-0.05, 0) is 18.5 Å². The van der Waals surface area contributed by atoms with Crippen LogP contribution in [-0.2, 0) is 11.2 Å². The van der Waals surface area contributed by atoms with Crippen LogP contribution >= 0.6 is 0 Å². The zero-order chi connectivity index (χ0) is 11.7. The first-order valence-electron chi connectivity index (χ1n) is 6.30. The summed E-state index contributed by atoms with van der Waals surface area (Å²) in [6.45, 7) is 4.10. The summed E-state index contributed by atoms with van der Waals surface area (Å²) in [5, 5.41) is 3.39. The van der Waals surface area contributed by atoms with Gasteiger partial charge in [0.1, 0.15) is 0 Å². The molecule has 1 N–H and O–H groups in total. The van der Waals surface area contributed by atoms with Crippen LogP contribution in [0.1, 0.15) is 12.0 Å². The van der Waals surface area contributed by atoms with Gasteiger partial charge in [-0.25, -0.2) is 0 Å². The summed E-state index contributed by atoms with van der Waals surface area (Å²) < 4.78 is 0. The molecule has 0 saturated carbocycles. The highest BCUT2D eigenvalue weighted by atomic mass is 16.2. The number of likely N-dealkylation sites (tertiary alicyclic amines) is 1. The Morgan fingerprint density at radius 1 is 1.29 bits per heavy atom. The molecule has 0 unspecified atom stereocenters. The number of carbonyl (C=O) groups is 1. The van der Waals surface area contributed by atoms with Crippen molar-refractivity contribution in [3.63, 3.8) is 0 Å². The van der Waals surface area contributed by atoms with Gasteiger partial charge in [0, 0.05) is 25.0 Å². The fraction of sp³-hybridized carbons (Fsp3) is 0.500. The largest absolute Gasteiger partial charge is 0.341 e. The molecule has 3 nitrogen and oxygen atoms in total. The molecule has 2 aliphatic rings. The number of amides is 1. The molecule has 1 aromatic carbocycles. The van der Waals surface area contributed by atoms with E-state index in [1.807, 2.05) is 35.2 Å². The molecule has 2 heterocycles. The maximum atomic E-state index is 12.0. The van der Waals surface area contributed by atoms with Crippen LogP contribution in [-0.4, -0.2) is 37.0 Å². The van der Waals surface area contributed by atoms with Crippen molar-refractivity contribution in [1.29, 1.82) is 0 Å². The third-order valence-corrected chi connectivity index (χ3v) is 3.94. The molecule has 2 aliphatic heterocycles. The van der Waals surface area contributed by atoms with Gasteiger partial charge in [-0.15, -0.1) is 0 Å². The topological polar surface area (TPSA) is 32.3 Å². The van der Waals surface area contributed by atoms with E-state index in [0.717, 1.165) is 31.7 Å². The Morgan fingerprint density at radius 3 is 2.71 bits per heavy atom. The Labute approximate surface area is 102 Å². The van der Waals surface area contributed by atoms with Crippen molar-refractivity contribution in [1.82, 2.24) is 10.2 Å². The maximum absolute atomic E-state index is 12.0. The van der Waals surface area contributed by atoms with E-state index < -0.39 is 0 Å². The molecule has 17 heavy (non-hydrogen) atoms. The fourth-order valence-electron chi connectivity index (χ4n) is 2.89. The van der Waals surface area contributed by atoms with Crippen LogP contribution in [0.15, 0.2) is 30.3 Å². The molecule has 2 saturated heterocycles. The molecular formula is C14H18N2O. The van der Waals surface area contributed by atoms with Gasteiger partial charge in [-0.3, -0.25) is 4.79 Å². The van der Waals surface area contributed by atoms with Crippen LogP contribution in [0.4, 0.5) is 0 Å². The lowest BCUT2D eigenvalue weighted by atomic mass is 9.79. The summed E-state index contributed by atoms with van der Waals surface area (Å²) in [4.78, 5) is 14.0. The third-order valence-electron chi connectivity index (χ3n) is 3.94. The second-order valence-electron chi connectivity index (χ2n) is 5.34. The van der Waals surface area contributed by atoms with Crippen molar-refractivity contribution < 1.29 is 4.79 Å². The summed E-state index contributed by atoms with van der Waals surface area (Å²) in [6, 6.07) is 9.99. The average molecular weight is 230 g/mol. The number of rotatable bonds is 2. The fourth-order valence-corrected chi connectivity index (χ4v) is 2.89. The number of hydrogen-bond acceptors (Lipinski definition) is 2. The smallest absolute Gasteiger partial charge is 0.227 e. The Kier molecular flexibility index (Phi) is 2.63. The number of hydrogen-bond donors (Lipinski definition) is 1. The molecule has 0 atom stereocenters. The quantitative estimate of drug-likeness (QED) is 0.823. The van der Waals surface area contributed by atoms with E-state index in [9.17, 15) is 4.79 Å². The van der Waals surface area contributed by atoms with Crippen LogP contribution in [0, 0.1) is 5.41 Å². The predicted molar refractivity (Wildman–Crippen MR) is 66.6 cm³/mol. The molecule has 0 aliphatic carbocycles. The van der Waals surface area contributed by atoms with Crippen molar-refractivity contribution >= 4 is 5.91 Å². The van der Waals surface area contributed by atoms with Crippen LogP contribution in [0.2, 0.25) is 0 Å². The maximum Gasteiger partial charge on any atom is 0.227 e. The lowest BCUT2D eigenvalue weighted by Gasteiger charge is -2.47. The summed E-state index contributed by atoms with van der Waals surface area (Å²) in [5.74, 6) is 0.272. The Bertz CT molecular complexity index is 401. The second-order valence-corrected chi connectivity index (χ2v) is 5.34. The lowest BCUT2D eigenvalue weighted by molar-refractivity contribution is -0.141. The van der Waals surface area contributed by atoms with Crippen molar-refractivity contribution in [2.45, 2.75) is 12.8 Å². The molecule has 3 rings (SSSR count). The summed E-state index contributed by atoms with van der Waals surface area (Å²) in [5.41, 5.74) is 1.52. The highest BCUT2D eigenvalue weighted by molar-refractivity contribution is 5.79. The molecule has 0 bridgehead atoms. The number of nitrogens with zero attached hydrogens (tertiary/aromatic N) is 1. The first-order valence-corrected chi connectivity index (χ1v) is 6.30. The molecule has 1 spiro atoms. The summed E-state index contributed by atoms with van der Waals surface area (Å²) in [7, 11) is 0. The lowest BCUT2D eigenvalue weighted by Crippen LogP contribution is -2.59. The molecule has 1 aromatic rings. The zero-order valence-electron chi connectivity index (χ0n) is 9.98. The SMILES string of the molecule is O=C(Cc1ccccc1)N1CC2(CCNC2)C1. The minimum absolute atomic E-state index is 0.272. The van der Waals surface area contributed by atoms with Crippen molar-refractivity contribution in [2.75, 3.05) is 26.2 Å². The minimum Gasteiger partial charge on any atom is -0.341 e. The molecule has 0 radical (unpaired) electrons. The van der Waals surface area contributed by atoms with E-state index in [1.54, 1.807) is 0 Å². The minimum atomic E-state index is 0.272. The van der Waals surface area contributed by atoms with Gasteiger partial charge in [0.05, 0.1) is 6.42 Å². The van der Waals surface area contributed by atoms with Crippen molar-refractivity contribution in [3.05, 3.63) is 35.9 Å². The van der Waals surface area contributed by atoms with Crippen molar-refractivity contribution in [2.24, 2.45) is 5.41 Å². The average Bonchev–Trinajstić information content (AvgIpc) is 2.77. The highest BCUT2D eigenvalue weighted by Gasteiger charge is 2.46. The molecule has 3 heteroatoms. The number of benzene rings is 1. The van der Waals surface area contributed by atoms with E-state index >= 15 is 0 Å². The Balaban J connectivity index is 1.55. The number of carbonyl (C=O) groups excluding carboxylic acids is 1. The Hall–Kier alpha value is -1.35. The highest BCUT2D eigenvalue weighted by Crippen LogP contribution is 2.36. The summed E-state index contributed by atoms with van der Waals surface area (Å²) >= 11 is 0. The van der Waals surface area contributed by atoms with E-state index in [0.29, 0.717) is 11.8 Å². The number of nitrogens with one attached hydrogen (secondary N) is 1. The Morgan fingerprint density at radius 2 is 2.06 bits per heavy atom. The molecule has 1 amide bonds. The molecule has 90 valence electrons. The second kappa shape index (κ2) is 4.15.